The summed E-state index contributed by atoms with van der Waals surface area (Å²) in [7, 11) is 1.51. The normalized spacial score (nSPS) is 17.0. The number of aliphatic hydroxyl groups excluding tert-OH is 1. The Hall–Kier alpha value is -3.96. The van der Waals surface area contributed by atoms with Gasteiger partial charge in [-0.05, 0) is 55.7 Å². The lowest BCUT2D eigenvalue weighted by atomic mass is 10.00. The molecule has 1 aliphatic rings. The van der Waals surface area contributed by atoms with Crippen molar-refractivity contribution in [2.75, 3.05) is 33.4 Å². The van der Waals surface area contributed by atoms with Crippen molar-refractivity contribution in [1.82, 2.24) is 24.4 Å². The molecule has 0 saturated carbocycles. The highest BCUT2D eigenvalue weighted by Crippen LogP contribution is 2.37. The second kappa shape index (κ2) is 11.7. The number of aryl methyl sites for hydroxylation is 1. The molecular weight excluding hydrogens is 547 g/mol. The van der Waals surface area contributed by atoms with Crippen molar-refractivity contribution in [2.24, 2.45) is 0 Å². The molecule has 0 spiro atoms. The van der Waals surface area contributed by atoms with Gasteiger partial charge in [0.25, 0.3) is 5.91 Å². The lowest BCUT2D eigenvalue weighted by Gasteiger charge is -2.43. The zero-order chi connectivity index (χ0) is 30.2. The van der Waals surface area contributed by atoms with Gasteiger partial charge in [0.15, 0.2) is 11.3 Å². The van der Waals surface area contributed by atoms with Gasteiger partial charge in [0.1, 0.15) is 11.3 Å². The fraction of sp³-hybridized carbons (Fsp3) is 0.387. The maximum atomic E-state index is 14.3. The number of ether oxygens (including phenoxy) is 1. The van der Waals surface area contributed by atoms with Gasteiger partial charge in [-0.3, -0.25) is 9.69 Å². The first-order valence-corrected chi connectivity index (χ1v) is 13.9. The van der Waals surface area contributed by atoms with E-state index >= 15 is 0 Å². The quantitative estimate of drug-likeness (QED) is 0.324. The Morgan fingerprint density at radius 3 is 2.52 bits per heavy atom. The van der Waals surface area contributed by atoms with Crippen LogP contribution in [0.25, 0.3) is 16.9 Å². The van der Waals surface area contributed by atoms with E-state index in [9.17, 15) is 23.1 Å². The Labute approximate surface area is 242 Å². The van der Waals surface area contributed by atoms with Gasteiger partial charge in [-0.15, -0.1) is 0 Å². The Bertz CT molecular complexity index is 1590. The minimum atomic E-state index is -4.73. The van der Waals surface area contributed by atoms with Crippen LogP contribution in [0, 0.1) is 6.92 Å². The van der Waals surface area contributed by atoms with Gasteiger partial charge in [0, 0.05) is 36.8 Å². The summed E-state index contributed by atoms with van der Waals surface area (Å²) >= 11 is 0. The molecule has 11 heteroatoms. The van der Waals surface area contributed by atoms with E-state index in [4.69, 9.17) is 4.74 Å². The number of piperazine rings is 1. The van der Waals surface area contributed by atoms with Crippen LogP contribution in [0.5, 0.6) is 5.75 Å². The smallest absolute Gasteiger partial charge is 0.433 e. The topological polar surface area (TPSA) is 83.2 Å². The van der Waals surface area contributed by atoms with Gasteiger partial charge in [0.05, 0.1) is 31.6 Å². The summed E-state index contributed by atoms with van der Waals surface area (Å²) in [6.07, 6.45) is -2.68. The van der Waals surface area contributed by atoms with Gasteiger partial charge in [-0.1, -0.05) is 31.2 Å². The number of rotatable bonds is 7. The number of alkyl halides is 3. The molecule has 42 heavy (non-hydrogen) atoms. The molecule has 2 atom stereocenters. The van der Waals surface area contributed by atoms with Crippen molar-refractivity contribution >= 4 is 11.6 Å². The molecule has 0 unspecified atom stereocenters. The van der Waals surface area contributed by atoms with E-state index in [1.165, 1.54) is 25.8 Å². The predicted octanol–water partition coefficient (Wildman–Crippen LogP) is 5.17. The van der Waals surface area contributed by atoms with Gasteiger partial charge in [0.2, 0.25) is 0 Å². The van der Waals surface area contributed by atoms with Crippen LogP contribution in [-0.4, -0.2) is 74.8 Å². The van der Waals surface area contributed by atoms with E-state index in [1.54, 1.807) is 29.2 Å². The molecule has 1 saturated heterocycles. The summed E-state index contributed by atoms with van der Waals surface area (Å²) in [6.45, 7) is 6.58. The summed E-state index contributed by atoms with van der Waals surface area (Å²) in [4.78, 5) is 22.2. The zero-order valence-corrected chi connectivity index (χ0v) is 24.0. The van der Waals surface area contributed by atoms with E-state index in [-0.39, 0.29) is 41.2 Å². The van der Waals surface area contributed by atoms with Gasteiger partial charge in [-0.25, -0.2) is 9.50 Å². The summed E-state index contributed by atoms with van der Waals surface area (Å²) in [5, 5.41) is 14.2. The molecule has 5 rings (SSSR count). The third-order valence-electron chi connectivity index (χ3n) is 8.02. The van der Waals surface area contributed by atoms with Gasteiger partial charge in [-0.2, -0.15) is 18.3 Å². The molecule has 2 aromatic carbocycles. The minimum absolute atomic E-state index is 0.00455. The van der Waals surface area contributed by atoms with Crippen LogP contribution in [0.3, 0.4) is 0 Å². The second-order valence-electron chi connectivity index (χ2n) is 10.6. The molecule has 0 bridgehead atoms. The fourth-order valence-corrected chi connectivity index (χ4v) is 5.76. The molecule has 8 nitrogen and oxygen atoms in total. The summed E-state index contributed by atoms with van der Waals surface area (Å²) in [5.74, 6) is 0.124. The molecule has 1 aliphatic heterocycles. The summed E-state index contributed by atoms with van der Waals surface area (Å²) in [5.41, 5.74) is 1.55. The number of methoxy groups -OCH3 is 1. The Kier molecular flexibility index (Phi) is 8.25. The summed E-state index contributed by atoms with van der Waals surface area (Å²) < 4.78 is 48.9. The number of hydrogen-bond donors (Lipinski definition) is 1. The second-order valence-corrected chi connectivity index (χ2v) is 10.6. The van der Waals surface area contributed by atoms with Gasteiger partial charge < -0.3 is 14.7 Å². The lowest BCUT2D eigenvalue weighted by molar-refractivity contribution is -0.143. The number of aromatic nitrogens is 3. The van der Waals surface area contributed by atoms with Crippen LogP contribution < -0.4 is 4.74 Å². The van der Waals surface area contributed by atoms with Crippen LogP contribution in [0.4, 0.5) is 13.2 Å². The molecule has 2 aromatic heterocycles. The van der Waals surface area contributed by atoms with Crippen LogP contribution in [-0.2, 0) is 12.6 Å². The molecule has 0 radical (unpaired) electrons. The van der Waals surface area contributed by atoms with E-state index in [0.29, 0.717) is 30.9 Å². The predicted molar refractivity (Wildman–Crippen MR) is 152 cm³/mol. The standard InChI is InChI=1S/C31H34F3N5O3/c1-5-21-7-6-8-23(15-21)26(18-40)37-13-14-38(19(2)17-37)30(41)25-16-35-39-28(31(32,33)34)20(3)27(36-29(25)39)22-9-11-24(42-4)12-10-22/h6-12,15-16,19,26,40H,5,13-14,17-18H2,1-4H3/t19-,26+/m1/s1. The number of hydrogen-bond acceptors (Lipinski definition) is 6. The molecule has 4 aromatic rings. The molecule has 1 amide bonds. The summed E-state index contributed by atoms with van der Waals surface area (Å²) in [6, 6.07) is 14.2. The van der Waals surface area contributed by atoms with E-state index < -0.39 is 17.8 Å². The Balaban J connectivity index is 1.47. The molecule has 0 aliphatic carbocycles. The molecule has 1 fully saturated rings. The largest absolute Gasteiger partial charge is 0.497 e. The first-order valence-electron chi connectivity index (χ1n) is 13.9. The van der Waals surface area contributed by atoms with Crippen molar-refractivity contribution in [3.63, 3.8) is 0 Å². The van der Waals surface area contributed by atoms with Crippen molar-refractivity contribution < 1.29 is 27.8 Å². The van der Waals surface area contributed by atoms with Gasteiger partial charge >= 0.3 is 6.18 Å². The number of nitrogens with zero attached hydrogens (tertiary/aromatic N) is 5. The fourth-order valence-electron chi connectivity index (χ4n) is 5.76. The molecule has 1 N–H and O–H groups in total. The third kappa shape index (κ3) is 5.46. The average Bonchev–Trinajstić information content (AvgIpc) is 3.39. The van der Waals surface area contributed by atoms with E-state index in [1.807, 2.05) is 25.1 Å². The van der Waals surface area contributed by atoms with Crippen molar-refractivity contribution in [3.8, 4) is 17.0 Å². The number of halogens is 3. The molecule has 222 valence electrons. The van der Waals surface area contributed by atoms with Crippen LogP contribution in [0.15, 0.2) is 54.7 Å². The molecular formula is C31H34F3N5O3. The lowest BCUT2D eigenvalue weighted by Crippen LogP contribution is -2.55. The van der Waals surface area contributed by atoms with Crippen molar-refractivity contribution in [1.29, 1.82) is 0 Å². The SMILES string of the molecule is CCc1cccc([C@H](CO)N2CCN(C(=O)c3cnn4c(C(F)(F)F)c(C)c(-c5ccc(OC)cc5)nc34)[C@H](C)C2)c1. The zero-order valence-electron chi connectivity index (χ0n) is 24.0. The first kappa shape index (κ1) is 29.5. The number of amides is 1. The van der Waals surface area contributed by atoms with Crippen LogP contribution in [0.1, 0.15) is 52.6 Å². The van der Waals surface area contributed by atoms with Crippen molar-refractivity contribution in [2.45, 2.75) is 45.5 Å². The highest BCUT2D eigenvalue weighted by atomic mass is 19.4. The number of fused-ring (bicyclic) bond motifs is 1. The van der Waals surface area contributed by atoms with Crippen LogP contribution in [0.2, 0.25) is 0 Å². The first-order chi connectivity index (χ1) is 20.1. The minimum Gasteiger partial charge on any atom is -0.497 e. The van der Waals surface area contributed by atoms with Crippen LogP contribution >= 0.6 is 0 Å². The van der Waals surface area contributed by atoms with Crippen molar-refractivity contribution in [3.05, 3.63) is 82.7 Å². The highest BCUT2D eigenvalue weighted by molar-refractivity contribution is 6.00. The van der Waals surface area contributed by atoms with E-state index in [0.717, 1.165) is 16.5 Å². The maximum absolute atomic E-state index is 14.3. The maximum Gasteiger partial charge on any atom is 0.433 e. The third-order valence-corrected chi connectivity index (χ3v) is 8.02. The molecule has 3 heterocycles. The number of benzene rings is 2. The number of carbonyl (C=O) groups excluding carboxylic acids is 1. The monoisotopic (exact) mass is 581 g/mol. The Morgan fingerprint density at radius 1 is 1.17 bits per heavy atom. The average molecular weight is 582 g/mol. The Morgan fingerprint density at radius 2 is 1.90 bits per heavy atom. The van der Waals surface area contributed by atoms with E-state index in [2.05, 4.69) is 28.0 Å². The number of carbonyl (C=O) groups is 1. The highest BCUT2D eigenvalue weighted by Gasteiger charge is 2.39. The number of aliphatic hydroxyl groups is 1.